The van der Waals surface area contributed by atoms with E-state index in [1.54, 1.807) is 6.07 Å². The molecular formula is C21H26ClN5O3S. The van der Waals surface area contributed by atoms with Crippen molar-refractivity contribution in [1.29, 1.82) is 5.41 Å². The maximum atomic E-state index is 10.8. The number of hydrogen-bond acceptors (Lipinski definition) is 8. The van der Waals surface area contributed by atoms with Crippen LogP contribution in [-0.4, -0.2) is 63.3 Å². The molecule has 2 aromatic rings. The van der Waals surface area contributed by atoms with E-state index in [1.165, 1.54) is 11.3 Å². The number of nitrogens with one attached hydrogen (secondary N) is 1. The Labute approximate surface area is 190 Å². The molecular weight excluding hydrogens is 438 g/mol. The number of benzene rings is 1. The summed E-state index contributed by atoms with van der Waals surface area (Å²) in [7, 11) is 0. The second kappa shape index (κ2) is 10.3. The van der Waals surface area contributed by atoms with Crippen LogP contribution in [0.3, 0.4) is 0 Å². The largest absolute Gasteiger partial charge is 0.489 e. The van der Waals surface area contributed by atoms with Crippen molar-refractivity contribution < 1.29 is 14.6 Å². The third kappa shape index (κ3) is 6.32. The highest BCUT2D eigenvalue weighted by atomic mass is 35.5. The SMILES string of the molecule is CC(=Nc1nnc(-c2ccc(OC(C)C)c(Cl)c2)s1)C1CN(CCC(=O)O)CCC1=N. The number of carboxylic acid groups (broad SMARTS) is 1. The zero-order chi connectivity index (χ0) is 22.5. The van der Waals surface area contributed by atoms with Crippen molar-refractivity contribution in [2.75, 3.05) is 19.6 Å². The molecule has 1 aliphatic heterocycles. The average molecular weight is 464 g/mol. The second-order valence-corrected chi connectivity index (χ2v) is 9.09. The van der Waals surface area contributed by atoms with Gasteiger partial charge in [-0.3, -0.25) is 4.79 Å². The van der Waals surface area contributed by atoms with Gasteiger partial charge in [0.1, 0.15) is 10.8 Å². The van der Waals surface area contributed by atoms with Crippen molar-refractivity contribution in [3.63, 3.8) is 0 Å². The van der Waals surface area contributed by atoms with Crippen molar-refractivity contribution in [1.82, 2.24) is 15.1 Å². The van der Waals surface area contributed by atoms with Gasteiger partial charge >= 0.3 is 5.97 Å². The molecule has 0 spiro atoms. The molecule has 1 aromatic carbocycles. The zero-order valence-corrected chi connectivity index (χ0v) is 19.3. The number of likely N-dealkylation sites (tertiary alicyclic amines) is 1. The van der Waals surface area contributed by atoms with Gasteiger partial charge in [0.15, 0.2) is 0 Å². The predicted molar refractivity (Wildman–Crippen MR) is 123 cm³/mol. The topological polar surface area (TPSA) is 112 Å². The molecule has 3 rings (SSSR count). The van der Waals surface area contributed by atoms with Gasteiger partial charge in [-0.1, -0.05) is 22.9 Å². The molecule has 0 amide bonds. The normalized spacial score (nSPS) is 17.9. The lowest BCUT2D eigenvalue weighted by atomic mass is 9.91. The van der Waals surface area contributed by atoms with E-state index in [9.17, 15) is 4.79 Å². The second-order valence-electron chi connectivity index (χ2n) is 7.73. The highest BCUT2D eigenvalue weighted by molar-refractivity contribution is 7.18. The van der Waals surface area contributed by atoms with Crippen molar-refractivity contribution in [2.24, 2.45) is 10.9 Å². The van der Waals surface area contributed by atoms with E-state index >= 15 is 0 Å². The molecule has 8 nitrogen and oxygen atoms in total. The van der Waals surface area contributed by atoms with Crippen molar-refractivity contribution in [2.45, 2.75) is 39.7 Å². The van der Waals surface area contributed by atoms with Crippen LogP contribution in [-0.2, 0) is 4.79 Å². The summed E-state index contributed by atoms with van der Waals surface area (Å²) in [4.78, 5) is 17.5. The smallest absolute Gasteiger partial charge is 0.304 e. The lowest BCUT2D eigenvalue weighted by Gasteiger charge is -2.32. The summed E-state index contributed by atoms with van der Waals surface area (Å²) in [5, 5.41) is 27.3. The molecule has 0 bridgehead atoms. The van der Waals surface area contributed by atoms with Gasteiger partial charge in [0.05, 0.1) is 17.5 Å². The minimum atomic E-state index is -0.812. The summed E-state index contributed by atoms with van der Waals surface area (Å²) in [5.74, 6) is -0.327. The van der Waals surface area contributed by atoms with Crippen molar-refractivity contribution >= 4 is 45.5 Å². The fourth-order valence-corrected chi connectivity index (χ4v) is 4.34. The first-order valence-corrected chi connectivity index (χ1v) is 11.3. The van der Waals surface area contributed by atoms with Crippen LogP contribution in [0.4, 0.5) is 5.13 Å². The van der Waals surface area contributed by atoms with Crippen LogP contribution in [0.5, 0.6) is 5.75 Å². The maximum Gasteiger partial charge on any atom is 0.304 e. The van der Waals surface area contributed by atoms with Gasteiger partial charge in [-0.2, -0.15) is 0 Å². The molecule has 1 aliphatic rings. The van der Waals surface area contributed by atoms with Crippen LogP contribution in [0.15, 0.2) is 23.2 Å². The molecule has 0 saturated carbocycles. The van der Waals surface area contributed by atoms with Gasteiger partial charge in [0.25, 0.3) is 0 Å². The predicted octanol–water partition coefficient (Wildman–Crippen LogP) is 4.55. The molecule has 2 N–H and O–H groups in total. The summed E-state index contributed by atoms with van der Waals surface area (Å²) in [6.45, 7) is 7.55. The van der Waals surface area contributed by atoms with Gasteiger partial charge in [-0.25, -0.2) is 4.99 Å². The van der Waals surface area contributed by atoms with Gasteiger partial charge in [0, 0.05) is 42.5 Å². The third-order valence-corrected chi connectivity index (χ3v) is 6.09. The number of rotatable bonds is 8. The molecule has 1 fully saturated rings. The Morgan fingerprint density at radius 2 is 2.23 bits per heavy atom. The first-order valence-electron chi connectivity index (χ1n) is 10.1. The number of carbonyl (C=O) groups is 1. The van der Waals surface area contributed by atoms with E-state index in [1.807, 2.05) is 32.9 Å². The Morgan fingerprint density at radius 1 is 1.45 bits per heavy atom. The Morgan fingerprint density at radius 3 is 2.90 bits per heavy atom. The summed E-state index contributed by atoms with van der Waals surface area (Å²) in [5.41, 5.74) is 2.24. The van der Waals surface area contributed by atoms with E-state index in [2.05, 4.69) is 20.1 Å². The molecule has 1 unspecified atom stereocenters. The monoisotopic (exact) mass is 463 g/mol. The summed E-state index contributed by atoms with van der Waals surface area (Å²) in [6, 6.07) is 5.52. The number of carboxylic acids is 1. The van der Waals surface area contributed by atoms with Crippen LogP contribution < -0.4 is 4.74 Å². The Balaban J connectivity index is 1.72. The Hall–Kier alpha value is -2.36. The fraction of sp³-hybridized carbons (Fsp3) is 0.476. The maximum absolute atomic E-state index is 10.8. The first-order chi connectivity index (χ1) is 14.7. The van der Waals surface area contributed by atoms with Gasteiger partial charge in [-0.15, -0.1) is 10.2 Å². The summed E-state index contributed by atoms with van der Waals surface area (Å²) >= 11 is 7.68. The minimum absolute atomic E-state index is 0.0346. The quantitative estimate of drug-likeness (QED) is 0.555. The van der Waals surface area contributed by atoms with Crippen molar-refractivity contribution in [3.8, 4) is 16.3 Å². The van der Waals surface area contributed by atoms with E-state index in [0.29, 0.717) is 52.7 Å². The van der Waals surface area contributed by atoms with Crippen molar-refractivity contribution in [3.05, 3.63) is 23.2 Å². The van der Waals surface area contributed by atoms with Crippen LogP contribution in [0, 0.1) is 11.3 Å². The van der Waals surface area contributed by atoms with E-state index < -0.39 is 5.97 Å². The molecule has 31 heavy (non-hydrogen) atoms. The number of piperidine rings is 1. The minimum Gasteiger partial charge on any atom is -0.489 e. The molecule has 1 saturated heterocycles. The first kappa shape index (κ1) is 23.3. The molecule has 0 aliphatic carbocycles. The standard InChI is InChI=1S/C21H26ClN5O3S/c1-12(2)30-18-5-4-14(10-16(18)22)20-25-26-21(31-20)24-13(3)15-11-27(8-6-17(15)23)9-7-19(28)29/h4-5,10,12,15,23H,6-9,11H2,1-3H3,(H,28,29). The summed E-state index contributed by atoms with van der Waals surface area (Å²) < 4.78 is 5.67. The van der Waals surface area contributed by atoms with E-state index in [0.717, 1.165) is 11.3 Å². The van der Waals surface area contributed by atoms with Gasteiger partial charge in [-0.05, 0) is 45.4 Å². The van der Waals surface area contributed by atoms with Crippen LogP contribution in [0.25, 0.3) is 10.6 Å². The summed E-state index contributed by atoms with van der Waals surface area (Å²) in [6.07, 6.45) is 0.744. The molecule has 10 heteroatoms. The fourth-order valence-electron chi connectivity index (χ4n) is 3.34. The zero-order valence-electron chi connectivity index (χ0n) is 17.8. The Bertz CT molecular complexity index is 991. The third-order valence-electron chi connectivity index (χ3n) is 4.93. The number of ether oxygens (including phenoxy) is 1. The molecule has 1 atom stereocenters. The average Bonchev–Trinajstić information content (AvgIpc) is 3.17. The Kier molecular flexibility index (Phi) is 7.74. The van der Waals surface area contributed by atoms with Crippen LogP contribution in [0.2, 0.25) is 5.02 Å². The highest BCUT2D eigenvalue weighted by Gasteiger charge is 2.27. The molecule has 1 aromatic heterocycles. The van der Waals surface area contributed by atoms with Gasteiger partial charge < -0.3 is 20.2 Å². The van der Waals surface area contributed by atoms with E-state index in [4.69, 9.17) is 26.9 Å². The number of hydrogen-bond donors (Lipinski definition) is 2. The highest BCUT2D eigenvalue weighted by Crippen LogP contribution is 2.34. The molecule has 2 heterocycles. The lowest BCUT2D eigenvalue weighted by Crippen LogP contribution is -2.44. The van der Waals surface area contributed by atoms with E-state index in [-0.39, 0.29) is 18.4 Å². The van der Waals surface area contributed by atoms with Crippen LogP contribution >= 0.6 is 22.9 Å². The van der Waals surface area contributed by atoms with Crippen LogP contribution in [0.1, 0.15) is 33.6 Å². The molecule has 0 radical (unpaired) electrons. The molecule has 166 valence electrons. The van der Waals surface area contributed by atoms with Gasteiger partial charge in [0.2, 0.25) is 5.13 Å². The number of aromatic nitrogens is 2. The number of halogens is 1. The number of nitrogens with zero attached hydrogens (tertiary/aromatic N) is 4. The number of aliphatic carboxylic acids is 1. The lowest BCUT2D eigenvalue weighted by molar-refractivity contribution is -0.137. The number of aliphatic imine (C=N–C) groups is 1.